The second kappa shape index (κ2) is 9.79. The molecule has 1 saturated heterocycles. The fraction of sp³-hybridized carbons (Fsp3) is 1.00. The smallest absolute Gasteiger partial charge is 0.160 e. The lowest BCUT2D eigenvalue weighted by Crippen LogP contribution is -2.51. The molecule has 1 aliphatic carbocycles. The highest BCUT2D eigenvalue weighted by Crippen LogP contribution is 2.50. The third-order valence-corrected chi connectivity index (χ3v) is 7.48. The normalized spacial score (nSPS) is 35.4. The number of hydrogen-bond acceptors (Lipinski definition) is 3. The maximum absolute atomic E-state index is 11.2. The zero-order valence-electron chi connectivity index (χ0n) is 20.0. The summed E-state index contributed by atoms with van der Waals surface area (Å²) in [5, 5.41) is 11.2. The van der Waals surface area contributed by atoms with Crippen molar-refractivity contribution >= 4 is 0 Å². The molecule has 0 amide bonds. The molecule has 0 radical (unpaired) electrons. The van der Waals surface area contributed by atoms with Gasteiger partial charge in [-0.1, -0.05) is 81.1 Å². The van der Waals surface area contributed by atoms with E-state index in [4.69, 9.17) is 9.47 Å². The van der Waals surface area contributed by atoms with Gasteiger partial charge >= 0.3 is 0 Å². The zero-order chi connectivity index (χ0) is 21.1. The Hall–Kier alpha value is -0.120. The van der Waals surface area contributed by atoms with Gasteiger partial charge in [0.1, 0.15) is 0 Å². The number of hydrogen-bond donors (Lipinski definition) is 1. The van der Waals surface area contributed by atoms with Crippen LogP contribution >= 0.6 is 0 Å². The first kappa shape index (κ1) is 24.2. The molecule has 2 aliphatic rings. The minimum Gasteiger partial charge on any atom is -0.393 e. The molecule has 0 aromatic heterocycles. The molecule has 3 nitrogen and oxygen atoms in total. The topological polar surface area (TPSA) is 38.7 Å². The molecule has 1 saturated carbocycles. The van der Waals surface area contributed by atoms with E-state index >= 15 is 0 Å². The minimum atomic E-state index is -0.244. The number of rotatable bonds is 6. The Balaban J connectivity index is 2.06. The molecule has 2 atom stereocenters. The molecule has 1 heterocycles. The average molecular weight is 397 g/mol. The van der Waals surface area contributed by atoms with Gasteiger partial charge in [-0.25, -0.2) is 0 Å². The summed E-state index contributed by atoms with van der Waals surface area (Å²) in [4.78, 5) is 0. The Morgan fingerprint density at radius 2 is 1.25 bits per heavy atom. The summed E-state index contributed by atoms with van der Waals surface area (Å²) in [6.45, 7) is 19.8. The highest BCUT2D eigenvalue weighted by atomic mass is 16.7. The van der Waals surface area contributed by atoms with E-state index < -0.39 is 0 Å². The van der Waals surface area contributed by atoms with Crippen molar-refractivity contribution in [2.24, 2.45) is 40.4 Å². The van der Waals surface area contributed by atoms with E-state index in [0.29, 0.717) is 11.8 Å². The molecule has 2 unspecified atom stereocenters. The number of aliphatic hydroxyl groups is 1. The molecule has 1 aliphatic heterocycles. The summed E-state index contributed by atoms with van der Waals surface area (Å²) >= 11 is 0. The second-order valence-corrected chi connectivity index (χ2v) is 11.8. The van der Waals surface area contributed by atoms with E-state index in [1.54, 1.807) is 0 Å². The van der Waals surface area contributed by atoms with E-state index in [1.165, 1.54) is 25.7 Å². The zero-order valence-corrected chi connectivity index (χ0v) is 20.0. The lowest BCUT2D eigenvalue weighted by atomic mass is 9.58. The van der Waals surface area contributed by atoms with Gasteiger partial charge in [0.2, 0.25) is 0 Å². The van der Waals surface area contributed by atoms with Crippen LogP contribution in [0.15, 0.2) is 0 Å². The van der Waals surface area contributed by atoms with Crippen LogP contribution in [0.3, 0.4) is 0 Å². The molecule has 3 heteroatoms. The number of aliphatic hydroxyl groups excluding tert-OH is 1. The second-order valence-electron chi connectivity index (χ2n) is 11.8. The Kier molecular flexibility index (Phi) is 8.45. The van der Waals surface area contributed by atoms with Gasteiger partial charge in [-0.05, 0) is 41.4 Å². The van der Waals surface area contributed by atoms with Gasteiger partial charge in [-0.3, -0.25) is 0 Å². The molecule has 0 aromatic rings. The van der Waals surface area contributed by atoms with Crippen molar-refractivity contribution in [3.05, 3.63) is 0 Å². The first-order valence-electron chi connectivity index (χ1n) is 11.9. The van der Waals surface area contributed by atoms with Crippen LogP contribution < -0.4 is 0 Å². The quantitative estimate of drug-likeness (QED) is 0.573. The predicted octanol–water partition coefficient (Wildman–Crippen LogP) is 6.29. The summed E-state index contributed by atoms with van der Waals surface area (Å²) in [7, 11) is 0. The predicted molar refractivity (Wildman–Crippen MR) is 117 cm³/mol. The van der Waals surface area contributed by atoms with Crippen molar-refractivity contribution in [3.8, 4) is 0 Å². The highest BCUT2D eigenvalue weighted by Gasteiger charge is 2.48. The van der Waals surface area contributed by atoms with E-state index in [2.05, 4.69) is 55.4 Å². The maximum Gasteiger partial charge on any atom is 0.160 e. The standard InChI is InChI=1S/C25H48O3/c1-9-11-17(12-10-2)19-15-27-23(28-16-19)18-13-20(24(3,4)5)22(26)21(14-18)25(6,7)8/h17-23,26H,9-16H2,1-8H3. The summed E-state index contributed by atoms with van der Waals surface area (Å²) in [6, 6.07) is 0. The van der Waals surface area contributed by atoms with Crippen LogP contribution in [0.5, 0.6) is 0 Å². The van der Waals surface area contributed by atoms with Crippen LogP contribution in [-0.4, -0.2) is 30.7 Å². The lowest BCUT2D eigenvalue weighted by molar-refractivity contribution is -0.248. The van der Waals surface area contributed by atoms with Crippen LogP contribution in [-0.2, 0) is 9.47 Å². The van der Waals surface area contributed by atoms with Crippen LogP contribution in [0.4, 0.5) is 0 Å². The third-order valence-electron chi connectivity index (χ3n) is 7.48. The first-order chi connectivity index (χ1) is 13.0. The van der Waals surface area contributed by atoms with Crippen molar-refractivity contribution in [3.63, 3.8) is 0 Å². The van der Waals surface area contributed by atoms with Crippen molar-refractivity contribution in [2.45, 2.75) is 106 Å². The molecule has 2 rings (SSSR count). The summed E-state index contributed by atoms with van der Waals surface area (Å²) in [5.41, 5.74) is 0.179. The van der Waals surface area contributed by atoms with E-state index in [-0.39, 0.29) is 35.1 Å². The van der Waals surface area contributed by atoms with Crippen molar-refractivity contribution in [1.29, 1.82) is 0 Å². The molecule has 28 heavy (non-hydrogen) atoms. The highest BCUT2D eigenvalue weighted by molar-refractivity contribution is 4.96. The van der Waals surface area contributed by atoms with Crippen LogP contribution in [0.25, 0.3) is 0 Å². The van der Waals surface area contributed by atoms with Gasteiger partial charge in [0.05, 0.1) is 19.3 Å². The molecular weight excluding hydrogens is 348 g/mol. The van der Waals surface area contributed by atoms with Crippen molar-refractivity contribution in [1.82, 2.24) is 0 Å². The monoisotopic (exact) mass is 396 g/mol. The molecule has 166 valence electrons. The fourth-order valence-electron chi connectivity index (χ4n) is 5.70. The summed E-state index contributed by atoms with van der Waals surface area (Å²) < 4.78 is 12.7. The largest absolute Gasteiger partial charge is 0.393 e. The number of ether oxygens (including phenoxy) is 2. The molecule has 2 fully saturated rings. The SMILES string of the molecule is CCCC(CCC)C1COC(C2CC(C(C)(C)C)C(O)C(C(C)(C)C)C2)OC1. The van der Waals surface area contributed by atoms with Gasteiger partial charge in [-0.15, -0.1) is 0 Å². The van der Waals surface area contributed by atoms with Crippen LogP contribution in [0, 0.1) is 40.4 Å². The summed E-state index contributed by atoms with van der Waals surface area (Å²) in [5.74, 6) is 2.23. The minimum absolute atomic E-state index is 0.0894. The Morgan fingerprint density at radius 1 is 0.821 bits per heavy atom. The fourth-order valence-corrected chi connectivity index (χ4v) is 5.70. The third kappa shape index (κ3) is 5.95. The molecule has 0 spiro atoms. The Labute approximate surface area is 175 Å². The van der Waals surface area contributed by atoms with Gasteiger partial charge in [0.15, 0.2) is 6.29 Å². The van der Waals surface area contributed by atoms with Gasteiger partial charge in [0, 0.05) is 11.8 Å². The lowest BCUT2D eigenvalue weighted by Gasteiger charge is -2.51. The molecule has 0 bridgehead atoms. The summed E-state index contributed by atoms with van der Waals surface area (Å²) in [6.07, 6.45) is 6.71. The van der Waals surface area contributed by atoms with E-state index in [0.717, 1.165) is 32.0 Å². The molecule has 0 aromatic carbocycles. The van der Waals surface area contributed by atoms with E-state index in [9.17, 15) is 5.11 Å². The van der Waals surface area contributed by atoms with Crippen molar-refractivity contribution in [2.75, 3.05) is 13.2 Å². The average Bonchev–Trinajstić information content (AvgIpc) is 2.60. The Morgan fingerprint density at radius 3 is 1.61 bits per heavy atom. The molecular formula is C25H48O3. The van der Waals surface area contributed by atoms with Crippen LogP contribution in [0.2, 0.25) is 0 Å². The van der Waals surface area contributed by atoms with E-state index in [1.807, 2.05) is 0 Å². The first-order valence-corrected chi connectivity index (χ1v) is 11.9. The van der Waals surface area contributed by atoms with Gasteiger partial charge in [0.25, 0.3) is 0 Å². The Bertz CT molecular complexity index is 423. The maximum atomic E-state index is 11.2. The van der Waals surface area contributed by atoms with Crippen molar-refractivity contribution < 1.29 is 14.6 Å². The van der Waals surface area contributed by atoms with Gasteiger partial charge in [-0.2, -0.15) is 0 Å². The molecule has 1 N–H and O–H groups in total. The van der Waals surface area contributed by atoms with Crippen LogP contribution in [0.1, 0.15) is 93.9 Å². The van der Waals surface area contributed by atoms with Gasteiger partial charge < -0.3 is 14.6 Å².